The number of carbonyl (C=O) groups excluding carboxylic acids is 1. The van der Waals surface area contributed by atoms with Crippen molar-refractivity contribution in [2.24, 2.45) is 5.92 Å². The van der Waals surface area contributed by atoms with Crippen LogP contribution in [0.3, 0.4) is 0 Å². The first kappa shape index (κ1) is 23.6. The molecule has 0 N–H and O–H groups in total. The highest BCUT2D eigenvalue weighted by Crippen LogP contribution is 2.36. The van der Waals surface area contributed by atoms with Gasteiger partial charge >= 0.3 is 0 Å². The average molecular weight is 494 g/mol. The summed E-state index contributed by atoms with van der Waals surface area (Å²) in [6.45, 7) is 4.24. The molecule has 0 aliphatic carbocycles. The van der Waals surface area contributed by atoms with Gasteiger partial charge in [0.05, 0.1) is 4.92 Å². The number of rotatable bonds is 6. The van der Waals surface area contributed by atoms with Gasteiger partial charge in [-0.3, -0.25) is 14.9 Å². The number of nitro groups is 1. The number of nitro benzene ring substituents is 1. The third-order valence-corrected chi connectivity index (χ3v) is 8.15. The van der Waals surface area contributed by atoms with Gasteiger partial charge in [0, 0.05) is 43.2 Å². The van der Waals surface area contributed by atoms with Crippen molar-refractivity contribution in [2.45, 2.75) is 24.7 Å². The monoisotopic (exact) mass is 493 g/mol. The molecule has 3 heterocycles. The molecule has 0 saturated carbocycles. The molecule has 0 spiro atoms. The first-order valence-electron chi connectivity index (χ1n) is 12.0. The van der Waals surface area contributed by atoms with Gasteiger partial charge in [-0.15, -0.1) is 0 Å². The first-order chi connectivity index (χ1) is 17.0. The molecule has 2 atom stereocenters. The van der Waals surface area contributed by atoms with E-state index in [2.05, 4.69) is 21.7 Å². The predicted molar refractivity (Wildman–Crippen MR) is 134 cm³/mol. The maximum atomic E-state index is 13.3. The molecular formula is C27H28FN3O3S. The summed E-state index contributed by atoms with van der Waals surface area (Å²) in [4.78, 5) is 28.1. The van der Waals surface area contributed by atoms with Gasteiger partial charge in [-0.1, -0.05) is 12.1 Å². The molecule has 8 heteroatoms. The van der Waals surface area contributed by atoms with Crippen LogP contribution in [0.2, 0.25) is 0 Å². The predicted octanol–water partition coefficient (Wildman–Crippen LogP) is 5.53. The van der Waals surface area contributed by atoms with E-state index < -0.39 is 4.92 Å². The average Bonchev–Trinajstić information content (AvgIpc) is 3.55. The van der Waals surface area contributed by atoms with Crippen molar-refractivity contribution in [3.8, 4) is 0 Å². The minimum atomic E-state index is -0.452. The Balaban J connectivity index is 1.25. The summed E-state index contributed by atoms with van der Waals surface area (Å²) in [5, 5.41) is 15.2. The van der Waals surface area contributed by atoms with Crippen molar-refractivity contribution in [1.29, 1.82) is 0 Å². The summed E-state index contributed by atoms with van der Waals surface area (Å²) >= 11 is 1.68. The molecule has 1 amide bonds. The van der Waals surface area contributed by atoms with Crippen molar-refractivity contribution in [2.75, 3.05) is 32.7 Å². The van der Waals surface area contributed by atoms with Crippen molar-refractivity contribution >= 4 is 22.9 Å². The number of benzene rings is 2. The molecule has 0 bridgehead atoms. The van der Waals surface area contributed by atoms with Crippen LogP contribution in [-0.2, 0) is 0 Å². The molecule has 2 aromatic carbocycles. The second-order valence-corrected chi connectivity index (χ2v) is 10.3. The summed E-state index contributed by atoms with van der Waals surface area (Å²) in [6, 6.07) is 14.9. The zero-order chi connectivity index (χ0) is 24.4. The van der Waals surface area contributed by atoms with E-state index >= 15 is 0 Å². The highest BCUT2D eigenvalue weighted by atomic mass is 32.1. The number of nitrogens with zero attached hydrogens (tertiary/aromatic N) is 3. The minimum absolute atomic E-state index is 0.0129. The second kappa shape index (κ2) is 10.3. The molecule has 182 valence electrons. The largest absolute Gasteiger partial charge is 0.338 e. The minimum Gasteiger partial charge on any atom is -0.338 e. The Morgan fingerprint density at radius 3 is 2.34 bits per heavy atom. The van der Waals surface area contributed by atoms with Crippen LogP contribution in [-0.4, -0.2) is 53.4 Å². The number of non-ortho nitro benzene ring substituents is 1. The van der Waals surface area contributed by atoms with E-state index in [4.69, 9.17) is 0 Å². The molecule has 0 radical (unpaired) electrons. The summed E-state index contributed by atoms with van der Waals surface area (Å²) in [5.41, 5.74) is 2.96. The molecule has 6 nitrogen and oxygen atoms in total. The molecule has 5 rings (SSSR count). The first-order valence-corrected chi connectivity index (χ1v) is 13.0. The lowest BCUT2D eigenvalue weighted by atomic mass is 9.87. The van der Waals surface area contributed by atoms with Crippen LogP contribution in [0.25, 0.3) is 0 Å². The van der Waals surface area contributed by atoms with Crippen molar-refractivity contribution < 1.29 is 14.1 Å². The van der Waals surface area contributed by atoms with Crippen molar-refractivity contribution in [3.05, 3.63) is 98.0 Å². The van der Waals surface area contributed by atoms with Gasteiger partial charge in [-0.25, -0.2) is 4.39 Å². The van der Waals surface area contributed by atoms with Gasteiger partial charge in [0.1, 0.15) is 5.82 Å². The Morgan fingerprint density at radius 2 is 1.71 bits per heavy atom. The Hall–Kier alpha value is -3.10. The molecule has 2 saturated heterocycles. The SMILES string of the molecule is O=C(c1ccc([N+](=O)[O-])cc1)N1CC(CN2CCC(c3ccc(F)cc3)CC2)C(c2ccsc2)C1. The molecule has 2 fully saturated rings. The van der Waals surface area contributed by atoms with E-state index in [0.717, 1.165) is 32.5 Å². The van der Waals surface area contributed by atoms with Crippen molar-refractivity contribution in [3.63, 3.8) is 0 Å². The highest BCUT2D eigenvalue weighted by Gasteiger charge is 2.38. The Morgan fingerprint density at radius 1 is 1.00 bits per heavy atom. The van der Waals surface area contributed by atoms with Crippen LogP contribution in [0.5, 0.6) is 0 Å². The van der Waals surface area contributed by atoms with Crippen LogP contribution >= 0.6 is 11.3 Å². The van der Waals surface area contributed by atoms with Gasteiger partial charge in [0.25, 0.3) is 11.6 Å². The summed E-state index contributed by atoms with van der Waals surface area (Å²) in [6.07, 6.45) is 2.10. The fourth-order valence-corrected chi connectivity index (χ4v) is 6.23. The molecule has 3 aromatic rings. The van der Waals surface area contributed by atoms with E-state index in [-0.39, 0.29) is 23.3 Å². The zero-order valence-corrected chi connectivity index (χ0v) is 20.2. The van der Waals surface area contributed by atoms with Gasteiger partial charge in [0.15, 0.2) is 0 Å². The summed E-state index contributed by atoms with van der Waals surface area (Å²) in [5.74, 6) is 0.799. The Bertz CT molecular complexity index is 1160. The number of hydrogen-bond acceptors (Lipinski definition) is 5. The molecule has 2 aliphatic rings. The normalized spacial score (nSPS) is 21.3. The quantitative estimate of drug-likeness (QED) is 0.335. The maximum absolute atomic E-state index is 13.3. The number of carbonyl (C=O) groups is 1. The number of hydrogen-bond donors (Lipinski definition) is 0. The maximum Gasteiger partial charge on any atom is 0.269 e. The molecule has 2 unspecified atom stereocenters. The van der Waals surface area contributed by atoms with Crippen LogP contribution in [0.1, 0.15) is 46.2 Å². The highest BCUT2D eigenvalue weighted by molar-refractivity contribution is 7.08. The van der Waals surface area contributed by atoms with Gasteiger partial charge in [-0.05, 0) is 90.0 Å². The standard InChI is InChI=1S/C27H28FN3O3S/c28-24-5-1-19(2-6-24)20-9-12-29(13-10-20)15-23-16-30(17-26(23)22-11-14-35-18-22)27(32)21-3-7-25(8-4-21)31(33)34/h1-8,11,14,18,20,23,26H,9-10,12-13,15-17H2. The van der Waals surface area contributed by atoms with Gasteiger partial charge in [-0.2, -0.15) is 11.3 Å². The van der Waals surface area contributed by atoms with Crippen LogP contribution in [0.4, 0.5) is 10.1 Å². The number of likely N-dealkylation sites (tertiary alicyclic amines) is 2. The number of piperidine rings is 1. The Kier molecular flexibility index (Phi) is 6.92. The summed E-state index contributed by atoms with van der Waals surface area (Å²) < 4.78 is 13.3. The summed E-state index contributed by atoms with van der Waals surface area (Å²) in [7, 11) is 0. The van der Waals surface area contributed by atoms with E-state index in [1.165, 1.54) is 23.3 Å². The zero-order valence-electron chi connectivity index (χ0n) is 19.4. The molecule has 1 aromatic heterocycles. The van der Waals surface area contributed by atoms with Crippen LogP contribution in [0.15, 0.2) is 65.4 Å². The fourth-order valence-electron chi connectivity index (χ4n) is 5.51. The fraction of sp³-hybridized carbons (Fsp3) is 0.370. The smallest absolute Gasteiger partial charge is 0.269 e. The van der Waals surface area contributed by atoms with E-state index in [9.17, 15) is 19.3 Å². The molecular weight excluding hydrogens is 465 g/mol. The second-order valence-electron chi connectivity index (χ2n) is 9.56. The third-order valence-electron chi connectivity index (χ3n) is 7.45. The van der Waals surface area contributed by atoms with Gasteiger partial charge in [0.2, 0.25) is 0 Å². The van der Waals surface area contributed by atoms with Crippen LogP contribution in [0, 0.1) is 21.8 Å². The number of halogens is 1. The lowest BCUT2D eigenvalue weighted by Crippen LogP contribution is -2.38. The lowest BCUT2D eigenvalue weighted by molar-refractivity contribution is -0.384. The lowest BCUT2D eigenvalue weighted by Gasteiger charge is -2.34. The van der Waals surface area contributed by atoms with Crippen LogP contribution < -0.4 is 0 Å². The van der Waals surface area contributed by atoms with Gasteiger partial charge < -0.3 is 9.80 Å². The molecule has 2 aliphatic heterocycles. The molecule has 35 heavy (non-hydrogen) atoms. The third kappa shape index (κ3) is 5.28. The topological polar surface area (TPSA) is 66.7 Å². The van der Waals surface area contributed by atoms with E-state index in [0.29, 0.717) is 30.5 Å². The Labute approximate surface area is 208 Å². The van der Waals surface area contributed by atoms with E-state index in [1.54, 1.807) is 35.6 Å². The number of amides is 1. The number of thiophene rings is 1. The van der Waals surface area contributed by atoms with Crippen molar-refractivity contribution in [1.82, 2.24) is 9.80 Å². The van der Waals surface area contributed by atoms with E-state index in [1.807, 2.05) is 17.0 Å².